The Morgan fingerprint density at radius 3 is 2.96 bits per heavy atom. The number of carbonyl (C=O) groups excluding carboxylic acids is 1. The lowest BCUT2D eigenvalue weighted by Crippen LogP contribution is -2.46. The highest BCUT2D eigenvalue weighted by atomic mass is 32.2. The molecular formula is C18H24N4O3S. The van der Waals surface area contributed by atoms with Crippen LogP contribution in [0, 0.1) is 0 Å². The number of rotatable bonds is 6. The van der Waals surface area contributed by atoms with Gasteiger partial charge in [0.2, 0.25) is 5.91 Å². The molecule has 140 valence electrons. The van der Waals surface area contributed by atoms with E-state index in [0.717, 1.165) is 23.6 Å². The second kappa shape index (κ2) is 8.55. The molecule has 0 aliphatic carbocycles. The van der Waals surface area contributed by atoms with E-state index in [2.05, 4.69) is 17.1 Å². The van der Waals surface area contributed by atoms with Gasteiger partial charge in [-0.2, -0.15) is 0 Å². The number of ether oxygens (including phenoxy) is 2. The van der Waals surface area contributed by atoms with E-state index in [4.69, 9.17) is 9.47 Å². The molecule has 2 aromatic rings. The Labute approximate surface area is 157 Å². The number of nitrogens with zero attached hydrogens (tertiary/aromatic N) is 4. The van der Waals surface area contributed by atoms with Gasteiger partial charge in [-0.25, -0.2) is 0 Å². The monoisotopic (exact) mass is 376 g/mol. The zero-order chi connectivity index (χ0) is 18.5. The summed E-state index contributed by atoms with van der Waals surface area (Å²) in [5.74, 6) is 1.91. The van der Waals surface area contributed by atoms with E-state index in [9.17, 15) is 4.79 Å². The molecule has 0 radical (unpaired) electrons. The zero-order valence-electron chi connectivity index (χ0n) is 15.3. The molecule has 0 bridgehead atoms. The molecule has 3 rings (SSSR count). The van der Waals surface area contributed by atoms with Crippen LogP contribution in [0.25, 0.3) is 11.4 Å². The van der Waals surface area contributed by atoms with E-state index in [1.807, 2.05) is 40.8 Å². The van der Waals surface area contributed by atoms with Crippen LogP contribution in [0.3, 0.4) is 0 Å². The SMILES string of the molecule is CC[C@@H]1CN(C(=O)CSc2nnc(-c3ccccc3OC)n2C)CCO1. The molecule has 1 atom stereocenters. The van der Waals surface area contributed by atoms with E-state index in [1.54, 1.807) is 7.11 Å². The third-order valence-corrected chi connectivity index (χ3v) is 5.46. The number of methoxy groups -OCH3 is 1. The Kier molecular flexibility index (Phi) is 6.16. The Morgan fingerprint density at radius 1 is 1.38 bits per heavy atom. The third-order valence-electron chi connectivity index (χ3n) is 4.45. The van der Waals surface area contributed by atoms with Crippen molar-refractivity contribution < 1.29 is 14.3 Å². The number of morpholine rings is 1. The minimum Gasteiger partial charge on any atom is -0.496 e. The summed E-state index contributed by atoms with van der Waals surface area (Å²) in [7, 11) is 3.53. The fourth-order valence-corrected chi connectivity index (χ4v) is 3.73. The predicted molar refractivity (Wildman–Crippen MR) is 100 cm³/mol. The van der Waals surface area contributed by atoms with Gasteiger partial charge in [0.05, 0.1) is 31.1 Å². The van der Waals surface area contributed by atoms with Crippen molar-refractivity contribution in [1.82, 2.24) is 19.7 Å². The first-order valence-corrected chi connectivity index (χ1v) is 9.67. The molecule has 2 heterocycles. The van der Waals surface area contributed by atoms with Gasteiger partial charge in [0, 0.05) is 20.1 Å². The second-order valence-electron chi connectivity index (χ2n) is 6.09. The fraction of sp³-hybridized carbons (Fsp3) is 0.500. The second-order valence-corrected chi connectivity index (χ2v) is 7.04. The lowest BCUT2D eigenvalue weighted by Gasteiger charge is -2.32. The van der Waals surface area contributed by atoms with Gasteiger partial charge in [-0.05, 0) is 18.6 Å². The van der Waals surface area contributed by atoms with Crippen LogP contribution in [0.2, 0.25) is 0 Å². The van der Waals surface area contributed by atoms with E-state index < -0.39 is 0 Å². The van der Waals surface area contributed by atoms with E-state index in [1.165, 1.54) is 11.8 Å². The summed E-state index contributed by atoms with van der Waals surface area (Å²) in [4.78, 5) is 14.4. The molecule has 0 N–H and O–H groups in total. The number of amides is 1. The summed E-state index contributed by atoms with van der Waals surface area (Å²) >= 11 is 1.40. The standard InChI is InChI=1S/C18H24N4O3S/c1-4-13-11-22(9-10-25-13)16(23)12-26-18-20-19-17(21(18)2)14-7-5-6-8-15(14)24-3/h5-8,13H,4,9-12H2,1-3H3/t13-/m1/s1. The maximum atomic E-state index is 12.5. The third kappa shape index (κ3) is 4.02. The molecule has 0 saturated carbocycles. The van der Waals surface area contributed by atoms with Crippen LogP contribution in [0.15, 0.2) is 29.4 Å². The minimum absolute atomic E-state index is 0.110. The predicted octanol–water partition coefficient (Wildman–Crippen LogP) is 2.22. The molecule has 8 heteroatoms. The molecule has 1 aliphatic rings. The molecule has 1 amide bonds. The van der Waals surface area contributed by atoms with Gasteiger partial charge >= 0.3 is 0 Å². The highest BCUT2D eigenvalue weighted by Crippen LogP contribution is 2.30. The van der Waals surface area contributed by atoms with Crippen molar-refractivity contribution in [2.75, 3.05) is 32.6 Å². The minimum atomic E-state index is 0.110. The molecular weight excluding hydrogens is 352 g/mol. The van der Waals surface area contributed by atoms with Gasteiger partial charge in [-0.1, -0.05) is 30.8 Å². The van der Waals surface area contributed by atoms with Crippen LogP contribution >= 0.6 is 11.8 Å². The largest absolute Gasteiger partial charge is 0.496 e. The van der Waals surface area contributed by atoms with Gasteiger partial charge in [0.15, 0.2) is 11.0 Å². The summed E-state index contributed by atoms with van der Waals surface area (Å²) in [6.07, 6.45) is 1.06. The summed E-state index contributed by atoms with van der Waals surface area (Å²) < 4.78 is 12.9. The molecule has 0 spiro atoms. The molecule has 1 aromatic carbocycles. The lowest BCUT2D eigenvalue weighted by molar-refractivity contribution is -0.135. The van der Waals surface area contributed by atoms with E-state index in [0.29, 0.717) is 30.6 Å². The Hall–Kier alpha value is -2.06. The van der Waals surface area contributed by atoms with Crippen LogP contribution in [0.5, 0.6) is 5.75 Å². The average Bonchev–Trinajstić information content (AvgIpc) is 3.06. The molecule has 26 heavy (non-hydrogen) atoms. The zero-order valence-corrected chi connectivity index (χ0v) is 16.2. The highest BCUT2D eigenvalue weighted by molar-refractivity contribution is 7.99. The van der Waals surface area contributed by atoms with Crippen molar-refractivity contribution in [2.24, 2.45) is 7.05 Å². The van der Waals surface area contributed by atoms with Crippen LogP contribution in [-0.4, -0.2) is 64.2 Å². The van der Waals surface area contributed by atoms with Gasteiger partial charge in [-0.3, -0.25) is 4.79 Å². The van der Waals surface area contributed by atoms with Crippen molar-refractivity contribution in [2.45, 2.75) is 24.6 Å². The lowest BCUT2D eigenvalue weighted by atomic mass is 10.2. The van der Waals surface area contributed by atoms with Crippen molar-refractivity contribution in [3.63, 3.8) is 0 Å². The maximum absolute atomic E-state index is 12.5. The summed E-state index contributed by atoms with van der Waals surface area (Å²) in [5, 5.41) is 9.23. The molecule has 1 fully saturated rings. The highest BCUT2D eigenvalue weighted by Gasteiger charge is 2.24. The van der Waals surface area contributed by atoms with E-state index in [-0.39, 0.29) is 12.0 Å². The number of hydrogen-bond acceptors (Lipinski definition) is 6. The molecule has 1 aliphatic heterocycles. The number of para-hydroxylation sites is 1. The van der Waals surface area contributed by atoms with Gasteiger partial charge < -0.3 is 18.9 Å². The maximum Gasteiger partial charge on any atom is 0.233 e. The summed E-state index contributed by atoms with van der Waals surface area (Å²) in [6, 6.07) is 7.69. The van der Waals surface area contributed by atoms with Crippen molar-refractivity contribution >= 4 is 17.7 Å². The van der Waals surface area contributed by atoms with Crippen molar-refractivity contribution in [1.29, 1.82) is 0 Å². The quantitative estimate of drug-likeness (QED) is 0.720. The summed E-state index contributed by atoms with van der Waals surface area (Å²) in [6.45, 7) is 4.01. The number of thioether (sulfide) groups is 1. The number of hydrogen-bond donors (Lipinski definition) is 0. The Bertz CT molecular complexity index is 765. The molecule has 0 unspecified atom stereocenters. The first-order valence-electron chi connectivity index (χ1n) is 8.69. The van der Waals surface area contributed by atoms with Crippen LogP contribution in [0.1, 0.15) is 13.3 Å². The molecule has 7 nitrogen and oxygen atoms in total. The topological polar surface area (TPSA) is 69.5 Å². The van der Waals surface area contributed by atoms with Gasteiger partial charge in [0.25, 0.3) is 0 Å². The van der Waals surface area contributed by atoms with Gasteiger partial charge in [-0.15, -0.1) is 10.2 Å². The normalized spacial score (nSPS) is 17.3. The Balaban J connectivity index is 1.66. The first kappa shape index (κ1) is 18.7. The van der Waals surface area contributed by atoms with Crippen molar-refractivity contribution in [3.05, 3.63) is 24.3 Å². The van der Waals surface area contributed by atoms with Gasteiger partial charge in [0.1, 0.15) is 5.75 Å². The van der Waals surface area contributed by atoms with E-state index >= 15 is 0 Å². The van der Waals surface area contributed by atoms with Crippen LogP contribution in [-0.2, 0) is 16.6 Å². The summed E-state index contributed by atoms with van der Waals surface area (Å²) in [5.41, 5.74) is 0.877. The smallest absolute Gasteiger partial charge is 0.233 e. The number of benzene rings is 1. The van der Waals surface area contributed by atoms with Crippen LogP contribution < -0.4 is 4.74 Å². The number of aromatic nitrogens is 3. The number of carbonyl (C=O) groups is 1. The van der Waals surface area contributed by atoms with Crippen LogP contribution in [0.4, 0.5) is 0 Å². The molecule has 1 saturated heterocycles. The first-order chi connectivity index (χ1) is 12.6. The molecule has 1 aromatic heterocycles. The fourth-order valence-electron chi connectivity index (χ4n) is 2.91. The Morgan fingerprint density at radius 2 is 2.19 bits per heavy atom. The van der Waals surface area contributed by atoms with Crippen molar-refractivity contribution in [3.8, 4) is 17.1 Å². The average molecular weight is 376 g/mol.